The molecule has 1 aromatic carbocycles. The molecule has 0 radical (unpaired) electrons. The van der Waals surface area contributed by atoms with Crippen molar-refractivity contribution in [3.05, 3.63) is 60.0 Å². The average molecular weight is 326 g/mol. The minimum atomic E-state index is -1.26. The van der Waals surface area contributed by atoms with E-state index in [1.807, 2.05) is 49.5 Å². The largest absolute Gasteiger partial charge is 0.490 e. The highest BCUT2D eigenvalue weighted by Gasteiger charge is 2.17. The molecule has 0 aliphatic heterocycles. The normalized spacial score (nSPS) is 12.1. The van der Waals surface area contributed by atoms with Crippen molar-refractivity contribution >= 4 is 11.6 Å². The Bertz CT molecular complexity index is 846. The van der Waals surface area contributed by atoms with Gasteiger partial charge < -0.3 is 15.2 Å². The van der Waals surface area contributed by atoms with Crippen LogP contribution in [0.5, 0.6) is 5.75 Å². The lowest BCUT2D eigenvalue weighted by Crippen LogP contribution is -2.38. The molecule has 1 amide bonds. The molecule has 0 fully saturated rings. The molecular formula is C17H18N4O3. The quantitative estimate of drug-likeness (QED) is 0.708. The molecule has 2 heterocycles. The SMILES string of the molecule is Cc1ccccc1OCC(O)C(=O)NCc1nnc2ccccn12. The van der Waals surface area contributed by atoms with Gasteiger partial charge in [0.1, 0.15) is 12.4 Å². The molecule has 1 atom stereocenters. The van der Waals surface area contributed by atoms with Gasteiger partial charge in [-0.3, -0.25) is 9.20 Å². The van der Waals surface area contributed by atoms with E-state index in [0.29, 0.717) is 17.2 Å². The van der Waals surface area contributed by atoms with E-state index in [4.69, 9.17) is 4.74 Å². The summed E-state index contributed by atoms with van der Waals surface area (Å²) in [4.78, 5) is 12.0. The van der Waals surface area contributed by atoms with Crippen LogP contribution in [0.3, 0.4) is 0 Å². The van der Waals surface area contributed by atoms with E-state index < -0.39 is 12.0 Å². The zero-order valence-corrected chi connectivity index (χ0v) is 13.2. The number of hydrogen-bond acceptors (Lipinski definition) is 5. The lowest BCUT2D eigenvalue weighted by molar-refractivity contribution is -0.130. The molecule has 7 nitrogen and oxygen atoms in total. The van der Waals surface area contributed by atoms with Crippen molar-refractivity contribution < 1.29 is 14.6 Å². The Balaban J connectivity index is 1.54. The summed E-state index contributed by atoms with van der Waals surface area (Å²) in [6, 6.07) is 13.0. The summed E-state index contributed by atoms with van der Waals surface area (Å²) in [7, 11) is 0. The van der Waals surface area contributed by atoms with Gasteiger partial charge >= 0.3 is 0 Å². The summed E-state index contributed by atoms with van der Waals surface area (Å²) in [6.07, 6.45) is 0.554. The van der Waals surface area contributed by atoms with Gasteiger partial charge in [-0.25, -0.2) is 0 Å². The second-order valence-electron chi connectivity index (χ2n) is 5.36. The van der Waals surface area contributed by atoms with Crippen LogP contribution in [0, 0.1) is 6.92 Å². The number of carbonyl (C=O) groups is 1. The van der Waals surface area contributed by atoms with Gasteiger partial charge in [0.15, 0.2) is 17.6 Å². The number of aliphatic hydroxyl groups excluding tert-OH is 1. The van der Waals surface area contributed by atoms with Crippen molar-refractivity contribution in [1.82, 2.24) is 19.9 Å². The first-order valence-corrected chi connectivity index (χ1v) is 7.58. The van der Waals surface area contributed by atoms with E-state index in [1.165, 1.54) is 0 Å². The van der Waals surface area contributed by atoms with Crippen molar-refractivity contribution in [2.45, 2.75) is 19.6 Å². The van der Waals surface area contributed by atoms with Gasteiger partial charge in [-0.15, -0.1) is 10.2 Å². The van der Waals surface area contributed by atoms with Crippen LogP contribution in [0.2, 0.25) is 0 Å². The number of carbonyl (C=O) groups excluding carboxylic acids is 1. The zero-order chi connectivity index (χ0) is 16.9. The number of ether oxygens (including phenoxy) is 1. The first kappa shape index (κ1) is 15.9. The maximum absolute atomic E-state index is 12.0. The third-order valence-electron chi connectivity index (χ3n) is 3.60. The number of fused-ring (bicyclic) bond motifs is 1. The predicted molar refractivity (Wildman–Crippen MR) is 87.5 cm³/mol. The Morgan fingerprint density at radius 1 is 1.25 bits per heavy atom. The molecule has 0 saturated carbocycles. The lowest BCUT2D eigenvalue weighted by atomic mass is 10.2. The summed E-state index contributed by atoms with van der Waals surface area (Å²) >= 11 is 0. The van der Waals surface area contributed by atoms with Crippen molar-refractivity contribution in [1.29, 1.82) is 0 Å². The summed E-state index contributed by atoms with van der Waals surface area (Å²) in [5.74, 6) is 0.718. The maximum Gasteiger partial charge on any atom is 0.252 e. The zero-order valence-electron chi connectivity index (χ0n) is 13.2. The van der Waals surface area contributed by atoms with Crippen LogP contribution in [0.25, 0.3) is 5.65 Å². The van der Waals surface area contributed by atoms with Gasteiger partial charge in [-0.05, 0) is 30.7 Å². The fraction of sp³-hybridized carbons (Fsp3) is 0.235. The standard InChI is InChI=1S/C17H18N4O3/c1-12-6-2-3-7-14(12)24-11-13(22)17(23)18-10-16-20-19-15-8-4-5-9-21(15)16/h2-9,13,22H,10-11H2,1H3,(H,18,23). The van der Waals surface area contributed by atoms with E-state index >= 15 is 0 Å². The predicted octanol–water partition coefficient (Wildman–Crippen LogP) is 1.09. The van der Waals surface area contributed by atoms with Gasteiger partial charge in [-0.2, -0.15) is 0 Å². The number of aliphatic hydroxyl groups is 1. The molecule has 7 heteroatoms. The summed E-state index contributed by atoms with van der Waals surface area (Å²) in [5.41, 5.74) is 1.64. The number of pyridine rings is 1. The van der Waals surface area contributed by atoms with Gasteiger partial charge in [-0.1, -0.05) is 24.3 Å². The highest BCUT2D eigenvalue weighted by molar-refractivity contribution is 5.80. The van der Waals surface area contributed by atoms with E-state index in [-0.39, 0.29) is 13.2 Å². The molecule has 0 bridgehead atoms. The molecule has 124 valence electrons. The van der Waals surface area contributed by atoms with Gasteiger partial charge in [0, 0.05) is 6.20 Å². The van der Waals surface area contributed by atoms with Crippen molar-refractivity contribution in [2.24, 2.45) is 0 Å². The van der Waals surface area contributed by atoms with Crippen molar-refractivity contribution in [2.75, 3.05) is 6.61 Å². The number of nitrogens with one attached hydrogen (secondary N) is 1. The molecular weight excluding hydrogens is 308 g/mol. The van der Waals surface area contributed by atoms with E-state index in [9.17, 15) is 9.90 Å². The first-order chi connectivity index (χ1) is 11.6. The molecule has 3 rings (SSSR count). The lowest BCUT2D eigenvalue weighted by Gasteiger charge is -2.13. The van der Waals surface area contributed by atoms with Gasteiger partial charge in [0.2, 0.25) is 0 Å². The molecule has 0 aliphatic carbocycles. The molecule has 0 saturated heterocycles. The molecule has 0 aliphatic rings. The number of aromatic nitrogens is 3. The summed E-state index contributed by atoms with van der Waals surface area (Å²) in [6.45, 7) is 1.96. The van der Waals surface area contributed by atoms with Crippen LogP contribution >= 0.6 is 0 Å². The molecule has 0 spiro atoms. The number of para-hydroxylation sites is 1. The molecule has 24 heavy (non-hydrogen) atoms. The fourth-order valence-electron chi connectivity index (χ4n) is 2.26. The number of benzene rings is 1. The second kappa shape index (κ2) is 7.10. The third-order valence-corrected chi connectivity index (χ3v) is 3.60. The van der Waals surface area contributed by atoms with Crippen LogP contribution in [-0.2, 0) is 11.3 Å². The minimum Gasteiger partial charge on any atom is -0.490 e. The monoisotopic (exact) mass is 326 g/mol. The van der Waals surface area contributed by atoms with Gasteiger partial charge in [0.25, 0.3) is 5.91 Å². The Morgan fingerprint density at radius 2 is 2.04 bits per heavy atom. The average Bonchev–Trinajstić information content (AvgIpc) is 3.02. The van der Waals surface area contributed by atoms with E-state index in [0.717, 1.165) is 5.56 Å². The van der Waals surface area contributed by atoms with Crippen LogP contribution in [0.15, 0.2) is 48.7 Å². The Labute approximate surface area is 138 Å². The third kappa shape index (κ3) is 3.52. The Kier molecular flexibility index (Phi) is 4.72. The molecule has 1 unspecified atom stereocenters. The number of rotatable bonds is 6. The molecule has 3 aromatic rings. The highest BCUT2D eigenvalue weighted by atomic mass is 16.5. The second-order valence-corrected chi connectivity index (χ2v) is 5.36. The fourth-order valence-corrected chi connectivity index (χ4v) is 2.26. The minimum absolute atomic E-state index is 0.114. The maximum atomic E-state index is 12.0. The van der Waals surface area contributed by atoms with E-state index in [2.05, 4.69) is 15.5 Å². The first-order valence-electron chi connectivity index (χ1n) is 7.58. The van der Waals surface area contributed by atoms with Crippen LogP contribution in [-0.4, -0.2) is 38.3 Å². The Morgan fingerprint density at radius 3 is 2.88 bits per heavy atom. The van der Waals surface area contributed by atoms with Crippen molar-refractivity contribution in [3.8, 4) is 5.75 Å². The number of hydrogen-bond donors (Lipinski definition) is 2. The number of aryl methyl sites for hydroxylation is 1. The van der Waals surface area contributed by atoms with Crippen LogP contribution in [0.4, 0.5) is 0 Å². The summed E-state index contributed by atoms with van der Waals surface area (Å²) in [5, 5.41) is 20.6. The molecule has 2 N–H and O–H groups in total. The van der Waals surface area contributed by atoms with Crippen molar-refractivity contribution in [3.63, 3.8) is 0 Å². The molecule has 2 aromatic heterocycles. The van der Waals surface area contributed by atoms with Crippen LogP contribution < -0.4 is 10.1 Å². The number of amides is 1. The van der Waals surface area contributed by atoms with Crippen LogP contribution in [0.1, 0.15) is 11.4 Å². The Hall–Kier alpha value is -2.93. The number of nitrogens with zero attached hydrogens (tertiary/aromatic N) is 3. The summed E-state index contributed by atoms with van der Waals surface area (Å²) < 4.78 is 7.26. The highest BCUT2D eigenvalue weighted by Crippen LogP contribution is 2.16. The smallest absolute Gasteiger partial charge is 0.252 e. The van der Waals surface area contributed by atoms with Gasteiger partial charge in [0.05, 0.1) is 6.54 Å². The topological polar surface area (TPSA) is 88.8 Å². The van der Waals surface area contributed by atoms with E-state index in [1.54, 1.807) is 10.5 Å².